The monoisotopic (exact) mass is 308 g/mol. The highest BCUT2D eigenvalue weighted by Crippen LogP contribution is 2.28. The Bertz CT molecular complexity index is 491. The van der Waals surface area contributed by atoms with Crippen molar-refractivity contribution < 1.29 is 4.79 Å². The lowest BCUT2D eigenvalue weighted by Gasteiger charge is -2.31. The van der Waals surface area contributed by atoms with Gasteiger partial charge in [-0.1, -0.05) is 36.6 Å². The molecule has 3 atom stereocenters. The third-order valence-electron chi connectivity index (χ3n) is 4.71. The first-order chi connectivity index (χ1) is 9.99. The van der Waals surface area contributed by atoms with Crippen LogP contribution in [0.2, 0.25) is 5.02 Å². The molecule has 1 aromatic rings. The molecule has 0 saturated heterocycles. The smallest absolute Gasteiger partial charge is 0.223 e. The summed E-state index contributed by atoms with van der Waals surface area (Å²) in [6, 6.07) is 7.90. The van der Waals surface area contributed by atoms with Crippen molar-refractivity contribution in [1.29, 1.82) is 0 Å². The Balaban J connectivity index is 1.98. The molecule has 0 spiro atoms. The van der Waals surface area contributed by atoms with Gasteiger partial charge >= 0.3 is 0 Å². The van der Waals surface area contributed by atoms with Crippen LogP contribution in [0, 0.1) is 5.92 Å². The Hall–Kier alpha value is -1.06. The van der Waals surface area contributed by atoms with Crippen molar-refractivity contribution in [3.8, 4) is 0 Å². The van der Waals surface area contributed by atoms with E-state index in [9.17, 15) is 4.79 Å². The lowest BCUT2D eigenvalue weighted by atomic mass is 9.82. The van der Waals surface area contributed by atoms with Crippen LogP contribution in [0.5, 0.6) is 0 Å². The second-order valence-corrected chi connectivity index (χ2v) is 6.58. The van der Waals surface area contributed by atoms with Gasteiger partial charge in [-0.15, -0.1) is 0 Å². The highest BCUT2D eigenvalue weighted by Gasteiger charge is 2.27. The molecular formula is C17H25ClN2O. The molecule has 116 valence electrons. The standard InChI is InChI=1S/C17H25ClN2O/c1-12(13-7-5-8-15(18)10-13)20(2)17(21)11-14-6-3-4-9-16(14)19/h5,7-8,10,12,14,16H,3-4,6,9,11,19H2,1-2H3. The van der Waals surface area contributed by atoms with Crippen LogP contribution in [0.3, 0.4) is 0 Å². The second kappa shape index (κ2) is 7.28. The molecule has 1 amide bonds. The molecule has 3 unspecified atom stereocenters. The fourth-order valence-electron chi connectivity index (χ4n) is 3.06. The molecule has 3 nitrogen and oxygen atoms in total. The molecule has 0 aliphatic heterocycles. The van der Waals surface area contributed by atoms with Crippen LogP contribution >= 0.6 is 11.6 Å². The first-order valence-electron chi connectivity index (χ1n) is 7.75. The maximum Gasteiger partial charge on any atom is 0.223 e. The lowest BCUT2D eigenvalue weighted by Crippen LogP contribution is -2.38. The Morgan fingerprint density at radius 2 is 2.14 bits per heavy atom. The van der Waals surface area contributed by atoms with Crippen molar-refractivity contribution in [2.75, 3.05) is 7.05 Å². The number of halogens is 1. The van der Waals surface area contributed by atoms with Crippen LogP contribution in [0.15, 0.2) is 24.3 Å². The van der Waals surface area contributed by atoms with Gasteiger partial charge < -0.3 is 10.6 Å². The van der Waals surface area contributed by atoms with Gasteiger partial charge in [-0.25, -0.2) is 0 Å². The van der Waals surface area contributed by atoms with Gasteiger partial charge in [0.25, 0.3) is 0 Å². The number of amides is 1. The van der Waals surface area contributed by atoms with Crippen molar-refractivity contribution in [1.82, 2.24) is 4.90 Å². The topological polar surface area (TPSA) is 46.3 Å². The van der Waals surface area contributed by atoms with Crippen molar-refractivity contribution >= 4 is 17.5 Å². The number of hydrogen-bond acceptors (Lipinski definition) is 2. The zero-order chi connectivity index (χ0) is 15.4. The number of nitrogens with two attached hydrogens (primary N) is 1. The fourth-order valence-corrected chi connectivity index (χ4v) is 3.26. The summed E-state index contributed by atoms with van der Waals surface area (Å²) in [6.07, 6.45) is 5.07. The SMILES string of the molecule is CC(c1cccc(Cl)c1)N(C)C(=O)CC1CCCCC1N. The lowest BCUT2D eigenvalue weighted by molar-refractivity contribution is -0.133. The number of hydrogen-bond donors (Lipinski definition) is 1. The van der Waals surface area contributed by atoms with Gasteiger partial charge in [-0.3, -0.25) is 4.79 Å². The second-order valence-electron chi connectivity index (χ2n) is 6.15. The van der Waals surface area contributed by atoms with Crippen LogP contribution < -0.4 is 5.73 Å². The molecule has 0 bridgehead atoms. The normalized spacial score (nSPS) is 23.6. The van der Waals surface area contributed by atoms with Gasteiger partial charge in [0, 0.05) is 24.5 Å². The zero-order valence-corrected chi connectivity index (χ0v) is 13.6. The number of rotatable bonds is 4. The number of nitrogens with zero attached hydrogens (tertiary/aromatic N) is 1. The molecule has 1 fully saturated rings. The van der Waals surface area contributed by atoms with Crippen molar-refractivity contribution in [2.24, 2.45) is 11.7 Å². The minimum atomic E-state index is 0.0241. The summed E-state index contributed by atoms with van der Waals surface area (Å²) < 4.78 is 0. The van der Waals surface area contributed by atoms with E-state index in [1.54, 1.807) is 0 Å². The van der Waals surface area contributed by atoms with Crippen LogP contribution in [0.25, 0.3) is 0 Å². The molecule has 1 aromatic carbocycles. The molecule has 4 heteroatoms. The van der Waals surface area contributed by atoms with E-state index in [0.717, 1.165) is 18.4 Å². The average Bonchev–Trinajstić information content (AvgIpc) is 2.48. The number of carbonyl (C=O) groups excluding carboxylic acids is 1. The first-order valence-corrected chi connectivity index (χ1v) is 8.13. The van der Waals surface area contributed by atoms with E-state index < -0.39 is 0 Å². The van der Waals surface area contributed by atoms with Gasteiger partial charge in [0.1, 0.15) is 0 Å². The van der Waals surface area contributed by atoms with E-state index in [1.165, 1.54) is 12.8 Å². The van der Waals surface area contributed by atoms with Crippen LogP contribution in [-0.2, 0) is 4.79 Å². The largest absolute Gasteiger partial charge is 0.339 e. The quantitative estimate of drug-likeness (QED) is 0.920. The summed E-state index contributed by atoms with van der Waals surface area (Å²) in [5, 5.41) is 0.703. The molecule has 21 heavy (non-hydrogen) atoms. The molecule has 0 heterocycles. The summed E-state index contributed by atoms with van der Waals surface area (Å²) in [4.78, 5) is 14.3. The van der Waals surface area contributed by atoms with Gasteiger partial charge in [0.2, 0.25) is 5.91 Å². The summed E-state index contributed by atoms with van der Waals surface area (Å²) in [6.45, 7) is 2.03. The Morgan fingerprint density at radius 3 is 2.81 bits per heavy atom. The summed E-state index contributed by atoms with van der Waals surface area (Å²) >= 11 is 6.03. The van der Waals surface area contributed by atoms with Crippen LogP contribution in [0.1, 0.15) is 50.6 Å². The zero-order valence-electron chi connectivity index (χ0n) is 12.9. The fraction of sp³-hybridized carbons (Fsp3) is 0.588. The predicted octanol–water partition coefficient (Wildman–Crippen LogP) is 3.77. The van der Waals surface area contributed by atoms with Crippen molar-refractivity contribution in [3.05, 3.63) is 34.9 Å². The minimum absolute atomic E-state index is 0.0241. The molecule has 0 radical (unpaired) electrons. The summed E-state index contributed by atoms with van der Waals surface area (Å²) in [5.41, 5.74) is 7.21. The molecule has 2 N–H and O–H groups in total. The molecule has 0 aromatic heterocycles. The predicted molar refractivity (Wildman–Crippen MR) is 87.2 cm³/mol. The summed E-state index contributed by atoms with van der Waals surface area (Å²) in [5.74, 6) is 0.505. The van der Waals surface area contributed by atoms with Crippen LogP contribution in [0.4, 0.5) is 0 Å². The molecule has 1 aliphatic carbocycles. The summed E-state index contributed by atoms with van der Waals surface area (Å²) in [7, 11) is 1.86. The van der Waals surface area contributed by atoms with Gasteiger partial charge in [-0.2, -0.15) is 0 Å². The van der Waals surface area contributed by atoms with Crippen LogP contribution in [-0.4, -0.2) is 23.9 Å². The Labute approximate surface area is 132 Å². The average molecular weight is 309 g/mol. The van der Waals surface area contributed by atoms with E-state index in [-0.39, 0.29) is 18.0 Å². The number of carbonyl (C=O) groups is 1. The highest BCUT2D eigenvalue weighted by atomic mass is 35.5. The van der Waals surface area contributed by atoms with E-state index in [2.05, 4.69) is 0 Å². The molecule has 2 rings (SSSR count). The highest BCUT2D eigenvalue weighted by molar-refractivity contribution is 6.30. The molecule has 1 aliphatic rings. The van der Waals surface area contributed by atoms with E-state index in [4.69, 9.17) is 17.3 Å². The molecular weight excluding hydrogens is 284 g/mol. The third-order valence-corrected chi connectivity index (χ3v) is 4.95. The van der Waals surface area contributed by atoms with Gasteiger partial charge in [0.05, 0.1) is 6.04 Å². The van der Waals surface area contributed by atoms with E-state index in [1.807, 2.05) is 43.1 Å². The third kappa shape index (κ3) is 4.21. The maximum atomic E-state index is 12.5. The van der Waals surface area contributed by atoms with Gasteiger partial charge in [0.15, 0.2) is 0 Å². The van der Waals surface area contributed by atoms with E-state index >= 15 is 0 Å². The first kappa shape index (κ1) is 16.3. The molecule has 1 saturated carbocycles. The minimum Gasteiger partial charge on any atom is -0.339 e. The van der Waals surface area contributed by atoms with E-state index in [0.29, 0.717) is 17.4 Å². The Morgan fingerprint density at radius 1 is 1.43 bits per heavy atom. The number of benzene rings is 1. The van der Waals surface area contributed by atoms with Gasteiger partial charge in [-0.05, 0) is 43.4 Å². The maximum absolute atomic E-state index is 12.5. The Kier molecular flexibility index (Phi) is 5.65. The van der Waals surface area contributed by atoms with Crippen molar-refractivity contribution in [2.45, 2.75) is 51.1 Å². The van der Waals surface area contributed by atoms with Crippen molar-refractivity contribution in [3.63, 3.8) is 0 Å².